The number of amides is 1. The molecular weight excluding hydrogens is 308 g/mol. The van der Waals surface area contributed by atoms with E-state index in [1.54, 1.807) is 6.21 Å². The first-order valence-electron chi connectivity index (χ1n) is 8.03. The number of carbonyl (C=O) groups is 1. The highest BCUT2D eigenvalue weighted by atomic mass is 16.2. The first-order valence-corrected chi connectivity index (χ1v) is 8.03. The molecule has 25 heavy (non-hydrogen) atoms. The number of rotatable bonds is 4. The van der Waals surface area contributed by atoms with Crippen molar-refractivity contribution >= 4 is 22.9 Å². The third-order valence-corrected chi connectivity index (χ3v) is 3.99. The number of hydrogen-bond donors (Lipinski definition) is 1. The second kappa shape index (κ2) is 7.46. The molecule has 0 aliphatic heterocycles. The monoisotopic (exact) mass is 326 g/mol. The maximum atomic E-state index is 12.2. The van der Waals surface area contributed by atoms with E-state index in [0.29, 0.717) is 0 Å². The zero-order chi connectivity index (χ0) is 17.6. The molecule has 0 aliphatic carbocycles. The lowest BCUT2D eigenvalue weighted by Crippen LogP contribution is -2.20. The Morgan fingerprint density at radius 1 is 1.16 bits per heavy atom. The number of nitrogens with one attached hydrogen (secondary N) is 1. The normalized spacial score (nSPS) is 10.7. The number of fused-ring (bicyclic) bond motifs is 1. The van der Waals surface area contributed by atoms with E-state index in [1.807, 2.05) is 67.6 Å². The summed E-state index contributed by atoms with van der Waals surface area (Å²) < 4.78 is 0. The summed E-state index contributed by atoms with van der Waals surface area (Å²) >= 11 is 0. The fraction of sp³-hybridized carbons (Fsp3) is 0.0909. The molecule has 122 valence electrons. The molecule has 0 aliphatic rings. The Morgan fingerprint density at radius 3 is 2.80 bits per heavy atom. The average molecular weight is 326 g/mol. The van der Waals surface area contributed by atoms with Gasteiger partial charge in [-0.15, -0.1) is 6.42 Å². The molecule has 3 aromatic carbocycles. The van der Waals surface area contributed by atoms with E-state index in [9.17, 15) is 4.79 Å². The summed E-state index contributed by atoms with van der Waals surface area (Å²) in [5.74, 6) is 2.45. The van der Waals surface area contributed by atoms with Crippen molar-refractivity contribution in [1.82, 2.24) is 5.43 Å². The smallest absolute Gasteiger partial charge is 0.244 e. The van der Waals surface area contributed by atoms with Crippen molar-refractivity contribution in [2.75, 3.05) is 0 Å². The molecule has 0 heterocycles. The molecule has 3 aromatic rings. The molecule has 0 saturated heterocycles. The number of aryl methyl sites for hydroxylation is 1. The molecule has 3 rings (SSSR count). The van der Waals surface area contributed by atoms with Crippen LogP contribution in [0.15, 0.2) is 65.8 Å². The topological polar surface area (TPSA) is 41.5 Å². The first kappa shape index (κ1) is 16.5. The zero-order valence-electron chi connectivity index (χ0n) is 14.0. The van der Waals surface area contributed by atoms with Gasteiger partial charge in [-0.1, -0.05) is 60.0 Å². The van der Waals surface area contributed by atoms with E-state index >= 15 is 0 Å². The van der Waals surface area contributed by atoms with Crippen molar-refractivity contribution in [3.8, 4) is 12.3 Å². The fourth-order valence-corrected chi connectivity index (χ4v) is 2.75. The van der Waals surface area contributed by atoms with Crippen LogP contribution < -0.4 is 5.43 Å². The molecule has 0 bridgehead atoms. The minimum atomic E-state index is -0.164. The van der Waals surface area contributed by atoms with Crippen LogP contribution in [0.4, 0.5) is 0 Å². The van der Waals surface area contributed by atoms with Gasteiger partial charge in [-0.05, 0) is 35.4 Å². The summed E-state index contributed by atoms with van der Waals surface area (Å²) in [4.78, 5) is 12.2. The third-order valence-electron chi connectivity index (χ3n) is 3.99. The number of hydrogen-bond acceptors (Lipinski definition) is 2. The Bertz CT molecular complexity index is 991. The van der Waals surface area contributed by atoms with Gasteiger partial charge in [0.15, 0.2) is 0 Å². The van der Waals surface area contributed by atoms with Crippen LogP contribution in [0.3, 0.4) is 0 Å². The number of nitrogens with zero attached hydrogens (tertiary/aromatic N) is 1. The van der Waals surface area contributed by atoms with Crippen LogP contribution in [-0.2, 0) is 11.2 Å². The van der Waals surface area contributed by atoms with Gasteiger partial charge >= 0.3 is 0 Å². The van der Waals surface area contributed by atoms with E-state index in [-0.39, 0.29) is 12.3 Å². The van der Waals surface area contributed by atoms with Crippen LogP contribution in [0.25, 0.3) is 10.8 Å². The summed E-state index contributed by atoms with van der Waals surface area (Å²) in [5.41, 5.74) is 6.20. The van der Waals surface area contributed by atoms with E-state index < -0.39 is 0 Å². The standard InChI is InChI=1S/C22H18N2O/c1-3-17-12-11-16(2)13-20(17)15-23-24-22(25)14-19-9-6-8-18-7-4-5-10-21(18)19/h1,4-13,15H,14H2,2H3,(H,24,25)/b23-15+. The summed E-state index contributed by atoms with van der Waals surface area (Å²) in [6.45, 7) is 1.98. The van der Waals surface area contributed by atoms with E-state index in [4.69, 9.17) is 6.42 Å². The lowest BCUT2D eigenvalue weighted by Gasteiger charge is -2.05. The molecule has 0 saturated carbocycles. The largest absolute Gasteiger partial charge is 0.273 e. The number of benzene rings is 3. The molecule has 3 nitrogen and oxygen atoms in total. The predicted molar refractivity (Wildman–Crippen MR) is 103 cm³/mol. The van der Waals surface area contributed by atoms with Gasteiger partial charge in [0.05, 0.1) is 12.6 Å². The Morgan fingerprint density at radius 2 is 1.96 bits per heavy atom. The van der Waals surface area contributed by atoms with Gasteiger partial charge in [0.2, 0.25) is 5.91 Å². The Kier molecular flexibility index (Phi) is 4.92. The quantitative estimate of drug-likeness (QED) is 0.442. The lowest BCUT2D eigenvalue weighted by molar-refractivity contribution is -0.120. The maximum Gasteiger partial charge on any atom is 0.244 e. The molecule has 0 atom stereocenters. The molecule has 1 amide bonds. The van der Waals surface area contributed by atoms with Gasteiger partial charge in [-0.3, -0.25) is 4.79 Å². The van der Waals surface area contributed by atoms with Crippen LogP contribution in [0.1, 0.15) is 22.3 Å². The molecule has 3 heteroatoms. The summed E-state index contributed by atoms with van der Waals surface area (Å²) in [6.07, 6.45) is 7.35. The van der Waals surface area contributed by atoms with Crippen molar-refractivity contribution in [3.63, 3.8) is 0 Å². The summed E-state index contributed by atoms with van der Waals surface area (Å²) in [5, 5.41) is 6.25. The zero-order valence-corrected chi connectivity index (χ0v) is 14.0. The van der Waals surface area contributed by atoms with Crippen molar-refractivity contribution < 1.29 is 4.79 Å². The van der Waals surface area contributed by atoms with Gasteiger partial charge in [0, 0.05) is 11.1 Å². The summed E-state index contributed by atoms with van der Waals surface area (Å²) in [7, 11) is 0. The lowest BCUT2D eigenvalue weighted by atomic mass is 10.0. The van der Waals surface area contributed by atoms with Gasteiger partial charge in [0.1, 0.15) is 0 Å². The Labute approximate surface area is 147 Å². The van der Waals surface area contributed by atoms with Crippen LogP contribution in [0, 0.1) is 19.3 Å². The Balaban J connectivity index is 1.71. The van der Waals surface area contributed by atoms with Crippen LogP contribution in [0.5, 0.6) is 0 Å². The third kappa shape index (κ3) is 3.94. The SMILES string of the molecule is C#Cc1ccc(C)cc1/C=N/NC(=O)Cc1cccc2ccccc12. The molecular formula is C22H18N2O. The summed E-state index contributed by atoms with van der Waals surface area (Å²) in [6, 6.07) is 19.7. The average Bonchev–Trinajstić information content (AvgIpc) is 2.62. The van der Waals surface area contributed by atoms with Gasteiger partial charge in [-0.2, -0.15) is 5.10 Å². The van der Waals surface area contributed by atoms with Crippen LogP contribution >= 0.6 is 0 Å². The molecule has 0 spiro atoms. The second-order valence-electron chi connectivity index (χ2n) is 5.84. The minimum absolute atomic E-state index is 0.164. The highest BCUT2D eigenvalue weighted by Gasteiger charge is 2.06. The highest BCUT2D eigenvalue weighted by molar-refractivity contribution is 5.91. The number of terminal acetylenes is 1. The van der Waals surface area contributed by atoms with Crippen molar-refractivity contribution in [2.45, 2.75) is 13.3 Å². The molecule has 0 fully saturated rings. The fourth-order valence-electron chi connectivity index (χ4n) is 2.75. The molecule has 0 unspecified atom stereocenters. The van der Waals surface area contributed by atoms with E-state index in [2.05, 4.69) is 16.4 Å². The van der Waals surface area contributed by atoms with Gasteiger partial charge < -0.3 is 0 Å². The Hall–Kier alpha value is -3.38. The van der Waals surface area contributed by atoms with Gasteiger partial charge in [0.25, 0.3) is 0 Å². The highest BCUT2D eigenvalue weighted by Crippen LogP contribution is 2.18. The van der Waals surface area contributed by atoms with Gasteiger partial charge in [-0.25, -0.2) is 5.43 Å². The maximum absolute atomic E-state index is 12.2. The molecule has 0 radical (unpaired) electrons. The van der Waals surface area contributed by atoms with E-state index in [0.717, 1.165) is 33.0 Å². The van der Waals surface area contributed by atoms with Crippen molar-refractivity contribution in [3.05, 3.63) is 82.9 Å². The minimum Gasteiger partial charge on any atom is -0.273 e. The van der Waals surface area contributed by atoms with E-state index in [1.165, 1.54) is 0 Å². The van der Waals surface area contributed by atoms with Crippen molar-refractivity contribution in [1.29, 1.82) is 0 Å². The predicted octanol–water partition coefficient (Wildman–Crippen LogP) is 3.82. The number of carbonyl (C=O) groups excluding carboxylic acids is 1. The first-order chi connectivity index (χ1) is 12.2. The molecule has 0 aromatic heterocycles. The van der Waals surface area contributed by atoms with Crippen LogP contribution in [-0.4, -0.2) is 12.1 Å². The van der Waals surface area contributed by atoms with Crippen LogP contribution in [0.2, 0.25) is 0 Å². The second-order valence-corrected chi connectivity index (χ2v) is 5.84. The molecule has 1 N–H and O–H groups in total. The van der Waals surface area contributed by atoms with Crippen molar-refractivity contribution in [2.24, 2.45) is 5.10 Å². The number of hydrazone groups is 1.